The average Bonchev–Trinajstić information content (AvgIpc) is 2.95. The Morgan fingerprint density at radius 1 is 1.18 bits per heavy atom. The van der Waals surface area contributed by atoms with Crippen LogP contribution < -0.4 is 0 Å². The van der Waals surface area contributed by atoms with Crippen LogP contribution >= 0.6 is 23.2 Å². The molecule has 0 aliphatic rings. The normalized spacial score (nSPS) is 12.3. The van der Waals surface area contributed by atoms with E-state index >= 15 is 0 Å². The first-order valence-electron chi connectivity index (χ1n) is 6.69. The SMILES string of the molecule is OC(c1ccn(Cc2cccc(Cl)c2)n1)c1cnccc1Cl. The van der Waals surface area contributed by atoms with E-state index in [0.29, 0.717) is 27.8 Å². The van der Waals surface area contributed by atoms with Gasteiger partial charge in [0.2, 0.25) is 0 Å². The Balaban J connectivity index is 1.80. The van der Waals surface area contributed by atoms with E-state index in [4.69, 9.17) is 23.2 Å². The number of rotatable bonds is 4. The second-order valence-electron chi connectivity index (χ2n) is 4.87. The molecule has 3 aromatic rings. The van der Waals surface area contributed by atoms with E-state index in [9.17, 15) is 5.11 Å². The van der Waals surface area contributed by atoms with Gasteiger partial charge in [-0.05, 0) is 29.8 Å². The fourth-order valence-electron chi connectivity index (χ4n) is 2.18. The van der Waals surface area contributed by atoms with E-state index in [1.807, 2.05) is 30.5 Å². The van der Waals surface area contributed by atoms with Crippen LogP contribution in [-0.2, 0) is 6.54 Å². The number of benzene rings is 1. The van der Waals surface area contributed by atoms with Gasteiger partial charge in [-0.1, -0.05) is 35.3 Å². The standard InChI is InChI=1S/C16H13Cl2N3O/c17-12-3-1-2-11(8-12)10-21-7-5-15(20-21)16(22)13-9-19-6-4-14(13)18/h1-9,16,22H,10H2. The van der Waals surface area contributed by atoms with Crippen LogP contribution in [0.3, 0.4) is 0 Å². The molecule has 0 aliphatic heterocycles. The van der Waals surface area contributed by atoms with Gasteiger partial charge in [-0.15, -0.1) is 0 Å². The third-order valence-electron chi connectivity index (χ3n) is 3.27. The van der Waals surface area contributed by atoms with Crippen LogP contribution in [0.15, 0.2) is 55.0 Å². The van der Waals surface area contributed by atoms with Gasteiger partial charge >= 0.3 is 0 Å². The van der Waals surface area contributed by atoms with Crippen molar-refractivity contribution < 1.29 is 5.11 Å². The topological polar surface area (TPSA) is 50.9 Å². The van der Waals surface area contributed by atoms with E-state index in [-0.39, 0.29) is 0 Å². The molecule has 1 aromatic carbocycles. The molecule has 0 radical (unpaired) electrons. The van der Waals surface area contributed by atoms with Crippen LogP contribution in [0.2, 0.25) is 10.0 Å². The van der Waals surface area contributed by atoms with Crippen molar-refractivity contribution in [2.75, 3.05) is 0 Å². The molecular weight excluding hydrogens is 321 g/mol. The molecule has 1 atom stereocenters. The lowest BCUT2D eigenvalue weighted by Gasteiger charge is -2.09. The zero-order valence-corrected chi connectivity index (χ0v) is 13.0. The molecule has 1 unspecified atom stereocenters. The monoisotopic (exact) mass is 333 g/mol. The number of halogens is 2. The molecule has 1 N–H and O–H groups in total. The van der Waals surface area contributed by atoms with Crippen molar-refractivity contribution >= 4 is 23.2 Å². The van der Waals surface area contributed by atoms with E-state index in [1.54, 1.807) is 29.2 Å². The van der Waals surface area contributed by atoms with E-state index in [0.717, 1.165) is 5.56 Å². The molecule has 112 valence electrons. The molecule has 0 bridgehead atoms. The fourth-order valence-corrected chi connectivity index (χ4v) is 2.61. The Hall–Kier alpha value is -1.88. The molecule has 4 nitrogen and oxygen atoms in total. The van der Waals surface area contributed by atoms with Gasteiger partial charge in [0.1, 0.15) is 6.10 Å². The molecule has 2 heterocycles. The highest BCUT2D eigenvalue weighted by Crippen LogP contribution is 2.26. The Bertz CT molecular complexity index is 788. The Morgan fingerprint density at radius 2 is 2.05 bits per heavy atom. The minimum Gasteiger partial charge on any atom is -0.382 e. The number of nitrogens with zero attached hydrogens (tertiary/aromatic N) is 3. The van der Waals surface area contributed by atoms with Crippen LogP contribution in [-0.4, -0.2) is 19.9 Å². The first-order valence-corrected chi connectivity index (χ1v) is 7.44. The zero-order valence-electron chi connectivity index (χ0n) is 11.5. The maximum absolute atomic E-state index is 10.4. The molecule has 3 rings (SSSR count). The maximum atomic E-state index is 10.4. The molecule has 0 amide bonds. The number of aromatic nitrogens is 3. The van der Waals surface area contributed by atoms with Gasteiger partial charge in [0.15, 0.2) is 0 Å². The number of aliphatic hydroxyl groups excluding tert-OH is 1. The number of hydrogen-bond acceptors (Lipinski definition) is 3. The first kappa shape index (κ1) is 15.0. The molecule has 0 spiro atoms. The zero-order chi connectivity index (χ0) is 15.5. The van der Waals surface area contributed by atoms with Crippen LogP contribution in [0, 0.1) is 0 Å². The summed E-state index contributed by atoms with van der Waals surface area (Å²) < 4.78 is 1.74. The predicted octanol–water partition coefficient (Wildman–Crippen LogP) is 3.71. The molecule has 2 aromatic heterocycles. The number of pyridine rings is 1. The van der Waals surface area contributed by atoms with Gasteiger partial charge in [-0.25, -0.2) is 0 Å². The molecular formula is C16H13Cl2N3O. The van der Waals surface area contributed by atoms with Gasteiger partial charge in [0, 0.05) is 34.2 Å². The summed E-state index contributed by atoms with van der Waals surface area (Å²) in [6.45, 7) is 0.577. The van der Waals surface area contributed by atoms with Crippen LogP contribution in [0.4, 0.5) is 0 Å². The van der Waals surface area contributed by atoms with E-state index in [1.165, 1.54) is 0 Å². The van der Waals surface area contributed by atoms with Crippen molar-refractivity contribution in [3.05, 3.63) is 81.9 Å². The van der Waals surface area contributed by atoms with Gasteiger partial charge < -0.3 is 5.11 Å². The second-order valence-corrected chi connectivity index (χ2v) is 5.71. The average molecular weight is 334 g/mol. The van der Waals surface area contributed by atoms with E-state index in [2.05, 4.69) is 10.1 Å². The van der Waals surface area contributed by atoms with Crippen LogP contribution in [0.1, 0.15) is 22.9 Å². The lowest BCUT2D eigenvalue weighted by Crippen LogP contribution is -2.05. The smallest absolute Gasteiger partial charge is 0.126 e. The Labute approximate surface area is 138 Å². The molecule has 0 saturated carbocycles. The summed E-state index contributed by atoms with van der Waals surface area (Å²) in [7, 11) is 0. The van der Waals surface area contributed by atoms with Gasteiger partial charge in [0.25, 0.3) is 0 Å². The fraction of sp³-hybridized carbons (Fsp3) is 0.125. The predicted molar refractivity (Wildman–Crippen MR) is 86.1 cm³/mol. The first-order chi connectivity index (χ1) is 10.6. The molecule has 0 fully saturated rings. The lowest BCUT2D eigenvalue weighted by atomic mass is 10.1. The second kappa shape index (κ2) is 6.48. The summed E-state index contributed by atoms with van der Waals surface area (Å²) in [6, 6.07) is 11.0. The number of hydrogen-bond donors (Lipinski definition) is 1. The molecule has 0 aliphatic carbocycles. The summed E-state index contributed by atoms with van der Waals surface area (Å²) >= 11 is 12.0. The Morgan fingerprint density at radius 3 is 2.82 bits per heavy atom. The van der Waals surface area contributed by atoms with Gasteiger partial charge in [0.05, 0.1) is 12.2 Å². The quantitative estimate of drug-likeness (QED) is 0.791. The molecule has 6 heteroatoms. The summed E-state index contributed by atoms with van der Waals surface area (Å²) in [5, 5.41) is 15.9. The summed E-state index contributed by atoms with van der Waals surface area (Å²) in [5.74, 6) is 0. The maximum Gasteiger partial charge on any atom is 0.126 e. The Kier molecular flexibility index (Phi) is 4.43. The highest BCUT2D eigenvalue weighted by Gasteiger charge is 2.16. The van der Waals surface area contributed by atoms with Crippen molar-refractivity contribution in [1.82, 2.24) is 14.8 Å². The third-order valence-corrected chi connectivity index (χ3v) is 3.85. The van der Waals surface area contributed by atoms with Crippen LogP contribution in [0.5, 0.6) is 0 Å². The van der Waals surface area contributed by atoms with Crippen molar-refractivity contribution in [2.24, 2.45) is 0 Å². The van der Waals surface area contributed by atoms with Gasteiger partial charge in [-0.3, -0.25) is 9.67 Å². The van der Waals surface area contributed by atoms with E-state index < -0.39 is 6.10 Å². The van der Waals surface area contributed by atoms with Gasteiger partial charge in [-0.2, -0.15) is 5.10 Å². The minimum absolute atomic E-state index is 0.465. The van der Waals surface area contributed by atoms with Crippen molar-refractivity contribution in [1.29, 1.82) is 0 Å². The van der Waals surface area contributed by atoms with Crippen molar-refractivity contribution in [3.8, 4) is 0 Å². The summed E-state index contributed by atoms with van der Waals surface area (Å²) in [4.78, 5) is 3.98. The largest absolute Gasteiger partial charge is 0.382 e. The lowest BCUT2D eigenvalue weighted by molar-refractivity contribution is 0.214. The molecule has 22 heavy (non-hydrogen) atoms. The summed E-state index contributed by atoms with van der Waals surface area (Å²) in [6.07, 6.45) is 4.03. The molecule has 0 saturated heterocycles. The highest BCUT2D eigenvalue weighted by molar-refractivity contribution is 6.31. The highest BCUT2D eigenvalue weighted by atomic mass is 35.5. The van der Waals surface area contributed by atoms with Crippen molar-refractivity contribution in [3.63, 3.8) is 0 Å². The summed E-state index contributed by atoms with van der Waals surface area (Å²) in [5.41, 5.74) is 2.10. The number of aliphatic hydroxyl groups is 1. The van der Waals surface area contributed by atoms with Crippen molar-refractivity contribution in [2.45, 2.75) is 12.6 Å². The van der Waals surface area contributed by atoms with Crippen LogP contribution in [0.25, 0.3) is 0 Å². The third kappa shape index (κ3) is 3.30. The minimum atomic E-state index is -0.901.